The lowest BCUT2D eigenvalue weighted by molar-refractivity contribution is -0.120. The van der Waals surface area contributed by atoms with Crippen molar-refractivity contribution in [3.63, 3.8) is 0 Å². The molecule has 0 N–H and O–H groups in total. The average molecular weight is 439 g/mol. The molecule has 3 aromatic rings. The number of fused-ring (bicyclic) bond motifs is 1. The summed E-state index contributed by atoms with van der Waals surface area (Å²) in [5, 5.41) is 1.92. The Hall–Kier alpha value is -3.40. The number of carbonyl (C=O) groups is 2. The number of carbonyl (C=O) groups excluding carboxylic acids is 2. The second-order valence-corrected chi connectivity index (χ2v) is 9.82. The van der Waals surface area contributed by atoms with E-state index in [0.29, 0.717) is 28.8 Å². The normalized spacial score (nSPS) is 21.5. The number of hydrogen-bond acceptors (Lipinski definition) is 3. The lowest BCUT2D eigenvalue weighted by Crippen LogP contribution is -2.42. The summed E-state index contributed by atoms with van der Waals surface area (Å²) in [5.74, 6) is 0.486. The molecule has 2 atom stereocenters. The van der Waals surface area contributed by atoms with Crippen LogP contribution in [0.3, 0.4) is 0 Å². The van der Waals surface area contributed by atoms with E-state index in [2.05, 4.69) is 25.7 Å². The van der Waals surface area contributed by atoms with Crippen molar-refractivity contribution in [3.8, 4) is 0 Å². The van der Waals surface area contributed by atoms with E-state index in [1.54, 1.807) is 0 Å². The van der Waals surface area contributed by atoms with E-state index >= 15 is 0 Å². The molecule has 0 saturated carbocycles. The highest BCUT2D eigenvalue weighted by atomic mass is 16.2. The maximum absolute atomic E-state index is 14.0. The van der Waals surface area contributed by atoms with Crippen LogP contribution in [0.2, 0.25) is 0 Å². The number of benzene rings is 3. The summed E-state index contributed by atoms with van der Waals surface area (Å²) >= 11 is 0. The Kier molecular flexibility index (Phi) is 5.32. The summed E-state index contributed by atoms with van der Waals surface area (Å²) in [6.07, 6.45) is 1.14. The molecule has 2 heterocycles. The van der Waals surface area contributed by atoms with Crippen LogP contribution in [-0.2, 0) is 9.59 Å². The van der Waals surface area contributed by atoms with Gasteiger partial charge in [0.25, 0.3) is 11.8 Å². The fourth-order valence-corrected chi connectivity index (χ4v) is 5.44. The molecule has 2 unspecified atom stereocenters. The third-order valence-corrected chi connectivity index (χ3v) is 7.05. The molecular weight excluding hydrogens is 408 g/mol. The molecule has 2 amide bonds. The van der Waals surface area contributed by atoms with Crippen LogP contribution in [0.15, 0.2) is 66.4 Å². The molecule has 2 aliphatic rings. The first-order valence-corrected chi connectivity index (χ1v) is 11.8. The zero-order valence-electron chi connectivity index (χ0n) is 19.8. The highest BCUT2D eigenvalue weighted by Gasteiger charge is 2.44. The van der Waals surface area contributed by atoms with Crippen LogP contribution in [0.25, 0.3) is 16.3 Å². The largest absolute Gasteiger partial charge is 0.366 e. The predicted octanol–water partition coefficient (Wildman–Crippen LogP) is 5.72. The maximum Gasteiger partial charge on any atom is 0.282 e. The maximum atomic E-state index is 14.0. The van der Waals surface area contributed by atoms with Crippen molar-refractivity contribution in [1.29, 1.82) is 0 Å². The second-order valence-electron chi connectivity index (χ2n) is 9.82. The standard InChI is InChI=1S/C29H30N2O2/c1-18-14-19(2)17-30(16-18)27-26(23-13-12-20(3)21(4)15-23)28(32)31(29(27)33)25-11-7-9-22-8-5-6-10-24(22)25/h5-13,15,18-19H,14,16-17H2,1-4H3. The lowest BCUT2D eigenvalue weighted by Gasteiger charge is -2.37. The molecule has 5 rings (SSSR count). The van der Waals surface area contributed by atoms with Gasteiger partial charge < -0.3 is 4.90 Å². The van der Waals surface area contributed by atoms with E-state index in [9.17, 15) is 9.59 Å². The number of amides is 2. The number of aryl methyl sites for hydroxylation is 2. The van der Waals surface area contributed by atoms with Crippen molar-refractivity contribution < 1.29 is 9.59 Å². The van der Waals surface area contributed by atoms with Gasteiger partial charge in [0, 0.05) is 18.5 Å². The number of likely N-dealkylation sites (tertiary alicyclic amines) is 1. The zero-order chi connectivity index (χ0) is 23.3. The van der Waals surface area contributed by atoms with E-state index in [-0.39, 0.29) is 11.8 Å². The number of hydrogen-bond donors (Lipinski definition) is 0. The molecule has 1 fully saturated rings. The summed E-state index contributed by atoms with van der Waals surface area (Å²) in [4.78, 5) is 31.6. The Labute approximate surface area is 195 Å². The second kappa shape index (κ2) is 8.18. The summed E-state index contributed by atoms with van der Waals surface area (Å²) in [5.41, 5.74) is 4.83. The number of piperidine rings is 1. The Bertz CT molecular complexity index is 1290. The predicted molar refractivity (Wildman–Crippen MR) is 134 cm³/mol. The quantitative estimate of drug-likeness (QED) is 0.491. The van der Waals surface area contributed by atoms with Crippen molar-refractivity contribution in [1.82, 2.24) is 4.90 Å². The van der Waals surface area contributed by atoms with Gasteiger partial charge in [-0.1, -0.05) is 68.4 Å². The topological polar surface area (TPSA) is 40.6 Å². The molecule has 0 spiro atoms. The van der Waals surface area contributed by atoms with Gasteiger partial charge in [0.05, 0.1) is 11.3 Å². The fraction of sp³-hybridized carbons (Fsp3) is 0.310. The number of anilines is 1. The van der Waals surface area contributed by atoms with Crippen LogP contribution in [0.1, 0.15) is 37.0 Å². The Balaban J connectivity index is 1.69. The molecule has 0 radical (unpaired) electrons. The van der Waals surface area contributed by atoms with E-state index in [4.69, 9.17) is 0 Å². The first kappa shape index (κ1) is 21.4. The van der Waals surface area contributed by atoms with Gasteiger partial charge in [-0.05, 0) is 60.2 Å². The summed E-state index contributed by atoms with van der Waals surface area (Å²) in [7, 11) is 0. The Morgan fingerprint density at radius 3 is 2.21 bits per heavy atom. The number of imide groups is 1. The first-order valence-electron chi connectivity index (χ1n) is 11.8. The molecule has 1 saturated heterocycles. The van der Waals surface area contributed by atoms with Crippen LogP contribution in [0, 0.1) is 25.7 Å². The van der Waals surface area contributed by atoms with Gasteiger partial charge in [0.2, 0.25) is 0 Å². The molecule has 4 nitrogen and oxygen atoms in total. The van der Waals surface area contributed by atoms with Crippen LogP contribution in [0.5, 0.6) is 0 Å². The molecule has 33 heavy (non-hydrogen) atoms. The molecule has 3 aromatic carbocycles. The highest BCUT2D eigenvalue weighted by Crippen LogP contribution is 2.39. The van der Waals surface area contributed by atoms with E-state index < -0.39 is 0 Å². The van der Waals surface area contributed by atoms with Gasteiger partial charge in [-0.15, -0.1) is 0 Å². The molecule has 168 valence electrons. The zero-order valence-corrected chi connectivity index (χ0v) is 19.8. The number of rotatable bonds is 3. The summed E-state index contributed by atoms with van der Waals surface area (Å²) < 4.78 is 0. The molecule has 2 aliphatic heterocycles. The van der Waals surface area contributed by atoms with Gasteiger partial charge in [-0.3, -0.25) is 9.59 Å². The van der Waals surface area contributed by atoms with Gasteiger partial charge in [0.1, 0.15) is 5.70 Å². The number of nitrogens with zero attached hydrogens (tertiary/aromatic N) is 2. The van der Waals surface area contributed by atoms with E-state index in [0.717, 1.165) is 41.4 Å². The smallest absolute Gasteiger partial charge is 0.282 e. The molecule has 0 aliphatic carbocycles. The third-order valence-electron chi connectivity index (χ3n) is 7.05. The van der Waals surface area contributed by atoms with Crippen LogP contribution < -0.4 is 4.90 Å². The average Bonchev–Trinajstić information content (AvgIpc) is 3.04. The minimum atomic E-state index is -0.236. The highest BCUT2D eigenvalue weighted by molar-refractivity contribution is 6.46. The Morgan fingerprint density at radius 1 is 0.788 bits per heavy atom. The van der Waals surface area contributed by atoms with Gasteiger partial charge >= 0.3 is 0 Å². The summed E-state index contributed by atoms with van der Waals surface area (Å²) in [6, 6.07) is 19.8. The summed E-state index contributed by atoms with van der Waals surface area (Å²) in [6.45, 7) is 10.1. The molecule has 0 bridgehead atoms. The molecule has 0 aromatic heterocycles. The van der Waals surface area contributed by atoms with Crippen LogP contribution >= 0.6 is 0 Å². The van der Waals surface area contributed by atoms with Gasteiger partial charge in [-0.2, -0.15) is 0 Å². The van der Waals surface area contributed by atoms with Crippen molar-refractivity contribution in [2.45, 2.75) is 34.1 Å². The van der Waals surface area contributed by atoms with Crippen molar-refractivity contribution in [2.24, 2.45) is 11.8 Å². The van der Waals surface area contributed by atoms with Crippen LogP contribution in [0.4, 0.5) is 5.69 Å². The SMILES string of the molecule is Cc1ccc(C2=C(N3CC(C)CC(C)C3)C(=O)N(c3cccc4ccccc34)C2=O)cc1C. The molecular formula is C29H30N2O2. The van der Waals surface area contributed by atoms with Crippen molar-refractivity contribution in [3.05, 3.63) is 83.1 Å². The Morgan fingerprint density at radius 2 is 1.48 bits per heavy atom. The minimum absolute atomic E-state index is 0.217. The van der Waals surface area contributed by atoms with Gasteiger partial charge in [-0.25, -0.2) is 4.90 Å². The van der Waals surface area contributed by atoms with E-state index in [1.165, 1.54) is 10.5 Å². The van der Waals surface area contributed by atoms with Crippen molar-refractivity contribution in [2.75, 3.05) is 18.0 Å². The van der Waals surface area contributed by atoms with Crippen LogP contribution in [-0.4, -0.2) is 29.8 Å². The lowest BCUT2D eigenvalue weighted by atomic mass is 9.90. The monoisotopic (exact) mass is 438 g/mol. The van der Waals surface area contributed by atoms with E-state index in [1.807, 2.05) is 67.6 Å². The molecule has 4 heteroatoms. The van der Waals surface area contributed by atoms with Crippen molar-refractivity contribution >= 4 is 33.8 Å². The minimum Gasteiger partial charge on any atom is -0.366 e. The fourth-order valence-electron chi connectivity index (χ4n) is 5.44. The van der Waals surface area contributed by atoms with Gasteiger partial charge in [0.15, 0.2) is 0 Å². The third kappa shape index (κ3) is 3.64. The first-order chi connectivity index (χ1) is 15.8.